The van der Waals surface area contributed by atoms with Crippen LogP contribution in [0.4, 0.5) is 0 Å². The van der Waals surface area contributed by atoms with Gasteiger partial charge in [-0.05, 0) is 6.92 Å². The van der Waals surface area contributed by atoms with E-state index in [0.717, 1.165) is 0 Å². The topological polar surface area (TPSA) is 64.6 Å². The molecule has 1 amide bonds. The molecule has 0 aromatic heterocycles. The molecule has 0 bridgehead atoms. The quantitative estimate of drug-likeness (QED) is 0.352. The first-order chi connectivity index (χ1) is 5.70. The normalized spacial score (nSPS) is 9.17. The molecule has 0 unspecified atom stereocenters. The van der Waals surface area contributed by atoms with E-state index in [1.165, 1.54) is 7.11 Å². The van der Waals surface area contributed by atoms with Crippen molar-refractivity contribution >= 4 is 11.9 Å². The van der Waals surface area contributed by atoms with Crippen LogP contribution >= 0.6 is 0 Å². The molecule has 0 aromatic carbocycles. The van der Waals surface area contributed by atoms with E-state index in [2.05, 4.69) is 14.8 Å². The van der Waals surface area contributed by atoms with Crippen LogP contribution in [-0.4, -0.2) is 32.3 Å². The predicted octanol–water partition coefficient (Wildman–Crippen LogP) is -0.340. The first kappa shape index (κ1) is 10.9. The van der Waals surface area contributed by atoms with Crippen LogP contribution in [0.25, 0.3) is 0 Å². The van der Waals surface area contributed by atoms with Crippen molar-refractivity contribution in [1.29, 1.82) is 0 Å². The van der Waals surface area contributed by atoms with E-state index in [0.29, 0.717) is 6.54 Å². The van der Waals surface area contributed by atoms with Gasteiger partial charge in [-0.2, -0.15) is 0 Å². The van der Waals surface area contributed by atoms with Gasteiger partial charge in [0, 0.05) is 13.7 Å². The van der Waals surface area contributed by atoms with Gasteiger partial charge in [0.25, 0.3) is 0 Å². The summed E-state index contributed by atoms with van der Waals surface area (Å²) in [5.41, 5.74) is 0. The monoisotopic (exact) mass is 175 g/mol. The highest BCUT2D eigenvalue weighted by atomic mass is 16.7. The lowest BCUT2D eigenvalue weighted by molar-refractivity contribution is -0.155. The molecule has 0 aliphatic rings. The SMILES string of the molecule is CCNC(=O)CC(=O)OCOC. The number of carbonyl (C=O) groups is 2. The Balaban J connectivity index is 3.47. The van der Waals surface area contributed by atoms with Gasteiger partial charge < -0.3 is 14.8 Å². The Bertz CT molecular complexity index is 157. The molecule has 0 saturated carbocycles. The summed E-state index contributed by atoms with van der Waals surface area (Å²) in [6, 6.07) is 0. The average Bonchev–Trinajstić information content (AvgIpc) is 2.01. The number of ether oxygens (including phenoxy) is 2. The minimum Gasteiger partial charge on any atom is -0.438 e. The maximum atomic E-state index is 10.8. The van der Waals surface area contributed by atoms with E-state index in [1.807, 2.05) is 0 Å². The summed E-state index contributed by atoms with van der Waals surface area (Å²) in [5, 5.41) is 2.47. The van der Waals surface area contributed by atoms with E-state index >= 15 is 0 Å². The van der Waals surface area contributed by atoms with Crippen molar-refractivity contribution in [1.82, 2.24) is 5.32 Å². The van der Waals surface area contributed by atoms with E-state index in [9.17, 15) is 9.59 Å². The van der Waals surface area contributed by atoms with Gasteiger partial charge in [0.2, 0.25) is 5.91 Å². The molecule has 5 heteroatoms. The number of esters is 1. The first-order valence-corrected chi connectivity index (χ1v) is 3.62. The minimum absolute atomic E-state index is 0.113. The third-order valence-corrected chi connectivity index (χ3v) is 1.02. The molecule has 0 aliphatic carbocycles. The first-order valence-electron chi connectivity index (χ1n) is 3.62. The van der Waals surface area contributed by atoms with Crippen LogP contribution in [0.3, 0.4) is 0 Å². The maximum absolute atomic E-state index is 10.8. The number of methoxy groups -OCH3 is 1. The summed E-state index contributed by atoms with van der Waals surface area (Å²) < 4.78 is 8.97. The molecular formula is C7H13NO4. The zero-order chi connectivity index (χ0) is 9.40. The smallest absolute Gasteiger partial charge is 0.317 e. The summed E-state index contributed by atoms with van der Waals surface area (Å²) in [6.07, 6.45) is -0.253. The molecule has 0 aromatic rings. The van der Waals surface area contributed by atoms with E-state index < -0.39 is 5.97 Å². The number of hydrogen-bond donors (Lipinski definition) is 1. The Kier molecular flexibility index (Phi) is 6.00. The number of hydrogen-bond acceptors (Lipinski definition) is 4. The Labute approximate surface area is 71.0 Å². The molecule has 0 spiro atoms. The molecule has 5 nitrogen and oxygen atoms in total. The van der Waals surface area contributed by atoms with Gasteiger partial charge in [-0.1, -0.05) is 0 Å². The van der Waals surface area contributed by atoms with Gasteiger partial charge >= 0.3 is 5.97 Å². The number of amides is 1. The van der Waals surface area contributed by atoms with Gasteiger partial charge in [0.05, 0.1) is 0 Å². The van der Waals surface area contributed by atoms with Crippen molar-refractivity contribution in [3.63, 3.8) is 0 Å². The van der Waals surface area contributed by atoms with Crippen molar-refractivity contribution in [2.45, 2.75) is 13.3 Å². The van der Waals surface area contributed by atoms with E-state index in [1.54, 1.807) is 6.92 Å². The van der Waals surface area contributed by atoms with Crippen LogP contribution in [0, 0.1) is 0 Å². The van der Waals surface area contributed by atoms with Crippen LogP contribution < -0.4 is 5.32 Å². The zero-order valence-electron chi connectivity index (χ0n) is 7.25. The molecule has 0 radical (unpaired) electrons. The highest BCUT2D eigenvalue weighted by Gasteiger charge is 2.08. The van der Waals surface area contributed by atoms with Gasteiger partial charge in [0.1, 0.15) is 6.42 Å². The number of nitrogens with one attached hydrogen (secondary N) is 1. The summed E-state index contributed by atoms with van der Waals surface area (Å²) in [7, 11) is 1.40. The van der Waals surface area contributed by atoms with Crippen LogP contribution in [0.2, 0.25) is 0 Å². The van der Waals surface area contributed by atoms with Gasteiger partial charge in [-0.3, -0.25) is 9.59 Å². The molecular weight excluding hydrogens is 162 g/mol. The van der Waals surface area contributed by atoms with Crippen LogP contribution in [0.1, 0.15) is 13.3 Å². The van der Waals surface area contributed by atoms with Gasteiger partial charge in [0.15, 0.2) is 6.79 Å². The van der Waals surface area contributed by atoms with Crippen molar-refractivity contribution in [3.8, 4) is 0 Å². The van der Waals surface area contributed by atoms with Crippen LogP contribution in [0.15, 0.2) is 0 Å². The van der Waals surface area contributed by atoms with Gasteiger partial charge in [-0.25, -0.2) is 0 Å². The highest BCUT2D eigenvalue weighted by Crippen LogP contribution is 1.86. The molecule has 12 heavy (non-hydrogen) atoms. The molecule has 0 atom stereocenters. The Morgan fingerprint density at radius 3 is 2.58 bits per heavy atom. The predicted molar refractivity (Wildman–Crippen MR) is 41.3 cm³/mol. The zero-order valence-corrected chi connectivity index (χ0v) is 7.25. The van der Waals surface area contributed by atoms with Crippen molar-refractivity contribution in [3.05, 3.63) is 0 Å². The third-order valence-electron chi connectivity index (χ3n) is 1.02. The molecule has 0 aliphatic heterocycles. The minimum atomic E-state index is -0.581. The molecule has 70 valence electrons. The fraction of sp³-hybridized carbons (Fsp3) is 0.714. The molecule has 1 N–H and O–H groups in total. The second kappa shape index (κ2) is 6.60. The van der Waals surface area contributed by atoms with Crippen molar-refractivity contribution in [2.75, 3.05) is 20.4 Å². The number of carbonyl (C=O) groups excluding carboxylic acids is 2. The molecule has 0 saturated heterocycles. The second-order valence-electron chi connectivity index (χ2n) is 2.05. The molecule has 0 fully saturated rings. The van der Waals surface area contributed by atoms with Crippen LogP contribution in [-0.2, 0) is 19.1 Å². The summed E-state index contributed by atoms with van der Waals surface area (Å²) in [4.78, 5) is 21.5. The van der Waals surface area contributed by atoms with E-state index in [4.69, 9.17) is 0 Å². The van der Waals surface area contributed by atoms with Gasteiger partial charge in [-0.15, -0.1) is 0 Å². The molecule has 0 heterocycles. The average molecular weight is 175 g/mol. The second-order valence-corrected chi connectivity index (χ2v) is 2.05. The lowest BCUT2D eigenvalue weighted by Crippen LogP contribution is -2.26. The highest BCUT2D eigenvalue weighted by molar-refractivity contribution is 5.94. The summed E-state index contributed by atoms with van der Waals surface area (Å²) in [5.74, 6) is -0.915. The van der Waals surface area contributed by atoms with E-state index in [-0.39, 0.29) is 19.1 Å². The third kappa shape index (κ3) is 5.67. The fourth-order valence-corrected chi connectivity index (χ4v) is 0.566. The maximum Gasteiger partial charge on any atom is 0.317 e. The Morgan fingerprint density at radius 1 is 1.42 bits per heavy atom. The summed E-state index contributed by atoms with van der Waals surface area (Å²) in [6.45, 7) is 2.17. The molecule has 0 rings (SSSR count). The standard InChI is InChI=1S/C7H13NO4/c1-3-8-6(9)4-7(10)12-5-11-2/h3-5H2,1-2H3,(H,8,9). The summed E-state index contributed by atoms with van der Waals surface area (Å²) >= 11 is 0. The van der Waals surface area contributed by atoms with Crippen molar-refractivity contribution in [2.24, 2.45) is 0 Å². The lowest BCUT2D eigenvalue weighted by Gasteiger charge is -2.02. The van der Waals surface area contributed by atoms with Crippen LogP contribution in [0.5, 0.6) is 0 Å². The fourth-order valence-electron chi connectivity index (χ4n) is 0.566. The lowest BCUT2D eigenvalue weighted by atomic mass is 10.4. The number of rotatable bonds is 5. The van der Waals surface area contributed by atoms with Crippen molar-refractivity contribution < 1.29 is 19.1 Å². The Morgan fingerprint density at radius 2 is 2.08 bits per heavy atom. The largest absolute Gasteiger partial charge is 0.438 e. The Hall–Kier alpha value is -1.10.